The topological polar surface area (TPSA) is 93.8 Å². The molecule has 6 heteroatoms. The molecule has 6 nitrogen and oxygen atoms in total. The van der Waals surface area contributed by atoms with Gasteiger partial charge in [0.2, 0.25) is 0 Å². The third-order valence-corrected chi connectivity index (χ3v) is 2.88. The van der Waals surface area contributed by atoms with E-state index < -0.39 is 0 Å². The summed E-state index contributed by atoms with van der Waals surface area (Å²) < 4.78 is 1.45. The number of hydrogen-bond acceptors (Lipinski definition) is 4. The normalized spacial score (nSPS) is 10.7. The highest BCUT2D eigenvalue weighted by Gasteiger charge is 2.13. The third kappa shape index (κ3) is 1.79. The lowest BCUT2D eigenvalue weighted by atomic mass is 10.2. The first-order valence-corrected chi connectivity index (χ1v) is 5.62. The van der Waals surface area contributed by atoms with E-state index in [4.69, 9.17) is 5.73 Å². The van der Waals surface area contributed by atoms with Gasteiger partial charge in [0.05, 0.1) is 11.7 Å². The molecule has 2 aromatic heterocycles. The molecule has 0 saturated heterocycles. The summed E-state index contributed by atoms with van der Waals surface area (Å²) in [5, 5.41) is 0.806. The lowest BCUT2D eigenvalue weighted by molar-refractivity contribution is 0.0959. The van der Waals surface area contributed by atoms with Crippen LogP contribution >= 0.6 is 0 Å². The van der Waals surface area contributed by atoms with Gasteiger partial charge in [0.15, 0.2) is 0 Å². The minimum atomic E-state index is -0.349. The summed E-state index contributed by atoms with van der Waals surface area (Å²) in [6.45, 7) is 0. The average Bonchev–Trinajstić information content (AvgIpc) is 2.84. The molecule has 0 amide bonds. The Morgan fingerprint density at radius 1 is 1.32 bits per heavy atom. The number of anilines is 1. The van der Waals surface area contributed by atoms with Crippen molar-refractivity contribution in [2.75, 3.05) is 5.73 Å². The number of aromatic nitrogens is 3. The molecule has 94 valence electrons. The molecule has 0 aliphatic heterocycles. The predicted molar refractivity (Wildman–Crippen MR) is 70.9 cm³/mol. The Hall–Kier alpha value is -2.89. The van der Waals surface area contributed by atoms with Crippen LogP contribution in [0, 0.1) is 0 Å². The lowest BCUT2D eigenvalue weighted by Crippen LogP contribution is -2.16. The molecule has 0 spiro atoms. The molecule has 0 atom stereocenters. The largest absolute Gasteiger partial charge is 0.398 e. The molecule has 1 aromatic carbocycles. The summed E-state index contributed by atoms with van der Waals surface area (Å²) in [6, 6.07) is 7.13. The molecular weight excluding hydrogens is 244 g/mol. The Bertz CT molecular complexity index is 812. The van der Waals surface area contributed by atoms with E-state index in [1.54, 1.807) is 30.5 Å². The van der Waals surface area contributed by atoms with E-state index in [-0.39, 0.29) is 17.2 Å². The van der Waals surface area contributed by atoms with Crippen molar-refractivity contribution in [2.24, 2.45) is 0 Å². The number of carbonyl (C=O) groups excluding carboxylic acids is 1. The first-order valence-electron chi connectivity index (χ1n) is 5.62. The third-order valence-electron chi connectivity index (χ3n) is 2.88. The number of H-pyrrole nitrogens is 1. The quantitative estimate of drug-likeness (QED) is 0.633. The van der Waals surface area contributed by atoms with E-state index in [9.17, 15) is 9.59 Å². The average molecular weight is 254 g/mol. The number of carbonyl (C=O) groups is 1. The molecule has 0 radical (unpaired) electrons. The minimum absolute atomic E-state index is 0.166. The maximum Gasteiger partial charge on any atom is 0.282 e. The van der Waals surface area contributed by atoms with Crippen LogP contribution in [0.2, 0.25) is 0 Å². The fraction of sp³-hybridized carbons (Fsp3) is 0. The van der Waals surface area contributed by atoms with Gasteiger partial charge in [0, 0.05) is 23.5 Å². The van der Waals surface area contributed by atoms with Crippen molar-refractivity contribution in [3.63, 3.8) is 0 Å². The molecule has 0 aliphatic rings. The van der Waals surface area contributed by atoms with Crippen LogP contribution in [0.25, 0.3) is 10.9 Å². The summed E-state index contributed by atoms with van der Waals surface area (Å²) in [6.07, 6.45) is 4.01. The molecule has 0 aliphatic carbocycles. The van der Waals surface area contributed by atoms with Crippen LogP contribution in [0.4, 0.5) is 5.69 Å². The fourth-order valence-corrected chi connectivity index (χ4v) is 1.95. The molecule has 0 fully saturated rings. The number of rotatable bonds is 1. The van der Waals surface area contributed by atoms with Crippen LogP contribution in [0.3, 0.4) is 0 Å². The first kappa shape index (κ1) is 11.2. The SMILES string of the molecule is Nc1cccc2c1ccn2C(=O)c1c[nH]c(=O)cn1. The van der Waals surface area contributed by atoms with E-state index in [2.05, 4.69) is 9.97 Å². The van der Waals surface area contributed by atoms with Gasteiger partial charge < -0.3 is 10.7 Å². The standard InChI is InChI=1S/C13H10N4O2/c14-9-2-1-3-11-8(9)4-5-17(11)13(19)10-6-16-12(18)7-15-10/h1-7H,14H2,(H,16,18). The van der Waals surface area contributed by atoms with E-state index in [0.717, 1.165) is 11.6 Å². The molecule has 3 N–H and O–H groups in total. The second kappa shape index (κ2) is 4.09. The monoisotopic (exact) mass is 254 g/mol. The number of aromatic amines is 1. The number of hydrogen-bond donors (Lipinski definition) is 2. The van der Waals surface area contributed by atoms with Gasteiger partial charge in [-0.05, 0) is 18.2 Å². The number of nitrogens with one attached hydrogen (secondary N) is 1. The number of nitrogen functional groups attached to an aromatic ring is 1. The zero-order chi connectivity index (χ0) is 13.4. The molecule has 0 saturated carbocycles. The Morgan fingerprint density at radius 3 is 2.89 bits per heavy atom. The van der Waals surface area contributed by atoms with Crippen LogP contribution in [0.1, 0.15) is 10.5 Å². The van der Waals surface area contributed by atoms with Crippen molar-refractivity contribution >= 4 is 22.5 Å². The van der Waals surface area contributed by atoms with E-state index in [0.29, 0.717) is 11.2 Å². The van der Waals surface area contributed by atoms with Gasteiger partial charge in [-0.3, -0.25) is 14.2 Å². The molecular formula is C13H10N4O2. The van der Waals surface area contributed by atoms with Crippen molar-refractivity contribution in [2.45, 2.75) is 0 Å². The number of nitrogens with two attached hydrogens (primary N) is 1. The Kier molecular flexibility index (Phi) is 2.42. The Labute approximate surface area is 107 Å². The molecule has 19 heavy (non-hydrogen) atoms. The van der Waals surface area contributed by atoms with Crippen molar-refractivity contribution in [1.82, 2.24) is 14.5 Å². The number of fused-ring (bicyclic) bond motifs is 1. The summed E-state index contributed by atoms with van der Waals surface area (Å²) in [4.78, 5) is 29.5. The van der Waals surface area contributed by atoms with Crippen LogP contribution in [-0.4, -0.2) is 20.4 Å². The first-order chi connectivity index (χ1) is 9.16. The van der Waals surface area contributed by atoms with E-state index in [1.165, 1.54) is 10.8 Å². The van der Waals surface area contributed by atoms with Gasteiger partial charge >= 0.3 is 0 Å². The second-order valence-corrected chi connectivity index (χ2v) is 4.07. The van der Waals surface area contributed by atoms with Crippen LogP contribution in [0.5, 0.6) is 0 Å². The Morgan fingerprint density at radius 2 is 2.16 bits per heavy atom. The molecule has 3 aromatic rings. The van der Waals surface area contributed by atoms with Gasteiger partial charge in [-0.2, -0.15) is 0 Å². The summed E-state index contributed by atoms with van der Waals surface area (Å²) >= 11 is 0. The molecule has 3 rings (SSSR count). The van der Waals surface area contributed by atoms with Crippen LogP contribution in [0.15, 0.2) is 47.7 Å². The maximum atomic E-state index is 12.3. The van der Waals surface area contributed by atoms with Gasteiger partial charge in [0.25, 0.3) is 11.5 Å². The maximum absolute atomic E-state index is 12.3. The van der Waals surface area contributed by atoms with Crippen LogP contribution in [-0.2, 0) is 0 Å². The van der Waals surface area contributed by atoms with Gasteiger partial charge in [-0.25, -0.2) is 4.98 Å². The number of benzene rings is 1. The summed E-state index contributed by atoms with van der Waals surface area (Å²) in [5.41, 5.74) is 6.97. The van der Waals surface area contributed by atoms with Crippen molar-refractivity contribution in [1.29, 1.82) is 0 Å². The zero-order valence-corrected chi connectivity index (χ0v) is 9.83. The highest BCUT2D eigenvalue weighted by Crippen LogP contribution is 2.22. The van der Waals surface area contributed by atoms with Crippen molar-refractivity contribution < 1.29 is 4.79 Å². The van der Waals surface area contributed by atoms with Gasteiger partial charge in [-0.1, -0.05) is 6.07 Å². The molecule has 0 unspecified atom stereocenters. The Balaban J connectivity index is 2.14. The predicted octanol–water partition coefficient (Wildman–Crippen LogP) is 0.995. The fourth-order valence-electron chi connectivity index (χ4n) is 1.95. The second-order valence-electron chi connectivity index (χ2n) is 4.07. The molecule has 0 bridgehead atoms. The number of nitrogens with zero attached hydrogens (tertiary/aromatic N) is 2. The highest BCUT2D eigenvalue weighted by molar-refractivity contribution is 6.03. The summed E-state index contributed by atoms with van der Waals surface area (Å²) in [5.74, 6) is -0.322. The van der Waals surface area contributed by atoms with E-state index >= 15 is 0 Å². The van der Waals surface area contributed by atoms with Crippen molar-refractivity contribution in [3.05, 3.63) is 58.9 Å². The minimum Gasteiger partial charge on any atom is -0.398 e. The lowest BCUT2D eigenvalue weighted by Gasteiger charge is -2.03. The molecule has 2 heterocycles. The van der Waals surface area contributed by atoms with Gasteiger partial charge in [0.1, 0.15) is 5.69 Å². The highest BCUT2D eigenvalue weighted by atomic mass is 16.2. The van der Waals surface area contributed by atoms with Gasteiger partial charge in [-0.15, -0.1) is 0 Å². The van der Waals surface area contributed by atoms with E-state index in [1.807, 2.05) is 0 Å². The van der Waals surface area contributed by atoms with Crippen LogP contribution < -0.4 is 11.3 Å². The zero-order valence-electron chi connectivity index (χ0n) is 9.83. The summed E-state index contributed by atoms with van der Waals surface area (Å²) in [7, 11) is 0. The van der Waals surface area contributed by atoms with Crippen molar-refractivity contribution in [3.8, 4) is 0 Å². The smallest absolute Gasteiger partial charge is 0.282 e.